The van der Waals surface area contributed by atoms with E-state index in [4.69, 9.17) is 5.26 Å². The molecule has 1 rings (SSSR count). The molecular formula is C8H9N3. The zero-order valence-corrected chi connectivity index (χ0v) is 6.63. The Hall–Kier alpha value is -1.43. The zero-order valence-electron chi connectivity index (χ0n) is 6.63. The molecule has 0 saturated heterocycles. The van der Waals surface area contributed by atoms with E-state index in [2.05, 4.69) is 16.0 Å². The topological polar surface area (TPSA) is 49.6 Å². The Balaban J connectivity index is 3.27. The summed E-state index contributed by atoms with van der Waals surface area (Å²) >= 11 is 0. The van der Waals surface area contributed by atoms with Gasteiger partial charge in [0.1, 0.15) is 12.4 Å². The van der Waals surface area contributed by atoms with Crippen LogP contribution in [0.4, 0.5) is 0 Å². The summed E-state index contributed by atoms with van der Waals surface area (Å²) < 4.78 is 0. The van der Waals surface area contributed by atoms with Crippen LogP contribution in [0.2, 0.25) is 0 Å². The lowest BCUT2D eigenvalue weighted by atomic mass is 10.1. The predicted octanol–water partition coefficient (Wildman–Crippen LogP) is 1.22. The lowest BCUT2D eigenvalue weighted by Gasteiger charge is -1.99. The number of aromatic nitrogens is 2. The van der Waals surface area contributed by atoms with Gasteiger partial charge in [-0.2, -0.15) is 5.26 Å². The van der Waals surface area contributed by atoms with Crippen molar-refractivity contribution in [2.24, 2.45) is 0 Å². The molecule has 11 heavy (non-hydrogen) atoms. The maximum absolute atomic E-state index is 8.70. The van der Waals surface area contributed by atoms with E-state index in [1.807, 2.05) is 13.8 Å². The highest BCUT2D eigenvalue weighted by Gasteiger charge is 2.03. The molecule has 56 valence electrons. The van der Waals surface area contributed by atoms with Crippen LogP contribution in [0.5, 0.6) is 0 Å². The highest BCUT2D eigenvalue weighted by molar-refractivity contribution is 5.35. The molecule has 3 heteroatoms. The molecular weight excluding hydrogens is 138 g/mol. The van der Waals surface area contributed by atoms with Crippen LogP contribution in [0.1, 0.15) is 23.9 Å². The maximum Gasteiger partial charge on any atom is 0.116 e. The first-order valence-electron chi connectivity index (χ1n) is 3.50. The fourth-order valence-electron chi connectivity index (χ4n) is 0.937. The molecule has 0 amide bonds. The average molecular weight is 147 g/mol. The van der Waals surface area contributed by atoms with Crippen molar-refractivity contribution in [3.8, 4) is 6.07 Å². The number of hydrogen-bond acceptors (Lipinski definition) is 3. The third-order valence-electron chi connectivity index (χ3n) is 1.56. The van der Waals surface area contributed by atoms with Crippen molar-refractivity contribution >= 4 is 0 Å². The Morgan fingerprint density at radius 1 is 1.55 bits per heavy atom. The minimum atomic E-state index is 0.620. The molecule has 1 heterocycles. The Kier molecular flexibility index (Phi) is 2.17. The monoisotopic (exact) mass is 147 g/mol. The minimum Gasteiger partial charge on any atom is -0.240 e. The summed E-state index contributed by atoms with van der Waals surface area (Å²) in [6.45, 7) is 3.79. The standard InChI is InChI=1S/C8H9N3/c1-3-8-7(4-9)6(2)10-5-11-8/h5H,3H2,1-2H3. The van der Waals surface area contributed by atoms with Crippen molar-refractivity contribution in [1.29, 1.82) is 5.26 Å². The molecule has 0 saturated carbocycles. The average Bonchev–Trinajstić information content (AvgIpc) is 2.04. The van der Waals surface area contributed by atoms with E-state index in [1.54, 1.807) is 0 Å². The van der Waals surface area contributed by atoms with E-state index >= 15 is 0 Å². The summed E-state index contributed by atoms with van der Waals surface area (Å²) in [5.41, 5.74) is 2.22. The van der Waals surface area contributed by atoms with Gasteiger partial charge in [-0.15, -0.1) is 0 Å². The maximum atomic E-state index is 8.70. The molecule has 0 aliphatic heterocycles. The van der Waals surface area contributed by atoms with Gasteiger partial charge in [0.05, 0.1) is 17.0 Å². The molecule has 1 aromatic rings. The van der Waals surface area contributed by atoms with E-state index in [1.165, 1.54) is 6.33 Å². The molecule has 0 N–H and O–H groups in total. The Labute approximate surface area is 65.7 Å². The first-order valence-corrected chi connectivity index (χ1v) is 3.50. The molecule has 0 spiro atoms. The van der Waals surface area contributed by atoms with Crippen LogP contribution >= 0.6 is 0 Å². The minimum absolute atomic E-state index is 0.620. The van der Waals surface area contributed by atoms with Gasteiger partial charge in [0.2, 0.25) is 0 Å². The molecule has 0 unspecified atom stereocenters. The zero-order chi connectivity index (χ0) is 8.27. The first kappa shape index (κ1) is 7.67. The van der Waals surface area contributed by atoms with E-state index in [0.29, 0.717) is 5.56 Å². The van der Waals surface area contributed by atoms with Crippen molar-refractivity contribution in [3.63, 3.8) is 0 Å². The van der Waals surface area contributed by atoms with E-state index in [0.717, 1.165) is 17.8 Å². The van der Waals surface area contributed by atoms with Crippen molar-refractivity contribution < 1.29 is 0 Å². The molecule has 3 nitrogen and oxygen atoms in total. The molecule has 0 bridgehead atoms. The van der Waals surface area contributed by atoms with Gasteiger partial charge in [-0.3, -0.25) is 0 Å². The van der Waals surface area contributed by atoms with Crippen LogP contribution in [0.15, 0.2) is 6.33 Å². The lowest BCUT2D eigenvalue weighted by molar-refractivity contribution is 0.962. The number of rotatable bonds is 1. The third kappa shape index (κ3) is 1.35. The van der Waals surface area contributed by atoms with Crippen LogP contribution in [0, 0.1) is 18.3 Å². The van der Waals surface area contributed by atoms with Crippen molar-refractivity contribution in [3.05, 3.63) is 23.3 Å². The highest BCUT2D eigenvalue weighted by Crippen LogP contribution is 2.06. The smallest absolute Gasteiger partial charge is 0.116 e. The summed E-state index contributed by atoms with van der Waals surface area (Å²) in [4.78, 5) is 7.92. The summed E-state index contributed by atoms with van der Waals surface area (Å²) in [5, 5.41) is 8.70. The molecule has 0 fully saturated rings. The molecule has 0 aliphatic carbocycles. The molecule has 0 aromatic carbocycles. The van der Waals surface area contributed by atoms with Gasteiger partial charge in [0, 0.05) is 0 Å². The highest BCUT2D eigenvalue weighted by atomic mass is 14.8. The van der Waals surface area contributed by atoms with E-state index < -0.39 is 0 Å². The van der Waals surface area contributed by atoms with Gasteiger partial charge in [-0.25, -0.2) is 9.97 Å². The van der Waals surface area contributed by atoms with Crippen LogP contribution in [-0.2, 0) is 6.42 Å². The Morgan fingerprint density at radius 3 is 2.73 bits per heavy atom. The van der Waals surface area contributed by atoms with Gasteiger partial charge in [-0.05, 0) is 13.3 Å². The summed E-state index contributed by atoms with van der Waals surface area (Å²) in [5.74, 6) is 0. The molecule has 0 aliphatic rings. The SMILES string of the molecule is CCc1ncnc(C)c1C#N. The van der Waals surface area contributed by atoms with Gasteiger partial charge >= 0.3 is 0 Å². The fourth-order valence-corrected chi connectivity index (χ4v) is 0.937. The van der Waals surface area contributed by atoms with Crippen LogP contribution in [-0.4, -0.2) is 9.97 Å². The van der Waals surface area contributed by atoms with E-state index in [-0.39, 0.29) is 0 Å². The number of aryl methyl sites for hydroxylation is 2. The van der Waals surface area contributed by atoms with E-state index in [9.17, 15) is 0 Å². The number of hydrogen-bond donors (Lipinski definition) is 0. The predicted molar refractivity (Wildman–Crippen MR) is 40.9 cm³/mol. The quantitative estimate of drug-likeness (QED) is 0.600. The second kappa shape index (κ2) is 3.11. The second-order valence-electron chi connectivity index (χ2n) is 2.25. The van der Waals surface area contributed by atoms with Crippen LogP contribution in [0.3, 0.4) is 0 Å². The Bertz CT molecular complexity index is 299. The summed E-state index contributed by atoms with van der Waals surface area (Å²) in [6.07, 6.45) is 2.28. The normalized spacial score (nSPS) is 9.18. The van der Waals surface area contributed by atoms with Crippen molar-refractivity contribution in [2.45, 2.75) is 20.3 Å². The Morgan fingerprint density at radius 2 is 2.27 bits per heavy atom. The summed E-state index contributed by atoms with van der Waals surface area (Å²) in [7, 11) is 0. The van der Waals surface area contributed by atoms with Gasteiger partial charge in [-0.1, -0.05) is 6.92 Å². The van der Waals surface area contributed by atoms with Crippen LogP contribution in [0.25, 0.3) is 0 Å². The van der Waals surface area contributed by atoms with Gasteiger partial charge < -0.3 is 0 Å². The molecule has 0 radical (unpaired) electrons. The lowest BCUT2D eigenvalue weighted by Crippen LogP contribution is -1.97. The van der Waals surface area contributed by atoms with Gasteiger partial charge in [0.25, 0.3) is 0 Å². The van der Waals surface area contributed by atoms with Crippen molar-refractivity contribution in [1.82, 2.24) is 9.97 Å². The second-order valence-corrected chi connectivity index (χ2v) is 2.25. The largest absolute Gasteiger partial charge is 0.240 e. The number of nitrogens with zero attached hydrogens (tertiary/aromatic N) is 3. The first-order chi connectivity index (χ1) is 5.29. The molecule has 0 atom stereocenters. The molecule has 1 aromatic heterocycles. The van der Waals surface area contributed by atoms with Crippen LogP contribution < -0.4 is 0 Å². The van der Waals surface area contributed by atoms with Crippen molar-refractivity contribution in [2.75, 3.05) is 0 Å². The number of nitriles is 1. The third-order valence-corrected chi connectivity index (χ3v) is 1.56. The van der Waals surface area contributed by atoms with Gasteiger partial charge in [0.15, 0.2) is 0 Å². The summed E-state index contributed by atoms with van der Waals surface area (Å²) in [6, 6.07) is 2.09. The fraction of sp³-hybridized carbons (Fsp3) is 0.375.